The van der Waals surface area contributed by atoms with Gasteiger partial charge in [0.15, 0.2) is 11.0 Å². The van der Waals surface area contributed by atoms with E-state index in [1.165, 1.54) is 11.8 Å². The fraction of sp³-hybridized carbons (Fsp3) is 0.300. The first kappa shape index (κ1) is 19.9. The molecule has 0 aliphatic rings. The number of methoxy groups -OCH3 is 1. The van der Waals surface area contributed by atoms with E-state index in [0.29, 0.717) is 17.6 Å². The minimum Gasteiger partial charge on any atom is -0.497 e. The Hall–Kier alpha value is -2.87. The van der Waals surface area contributed by atoms with Crippen LogP contribution in [0.1, 0.15) is 19.8 Å². The smallest absolute Gasteiger partial charge is 0.316 e. The average molecular weight is 398 g/mol. The van der Waals surface area contributed by atoms with Crippen molar-refractivity contribution in [3.05, 3.63) is 48.8 Å². The highest BCUT2D eigenvalue weighted by atomic mass is 32.2. The summed E-state index contributed by atoms with van der Waals surface area (Å²) < 4.78 is 12.4. The lowest BCUT2D eigenvalue weighted by Crippen LogP contribution is -2.09. The molecule has 8 heteroatoms. The number of carbonyl (C=O) groups excluding carboxylic acids is 1. The van der Waals surface area contributed by atoms with Crippen molar-refractivity contribution in [1.29, 1.82) is 0 Å². The van der Waals surface area contributed by atoms with Crippen molar-refractivity contribution in [2.24, 2.45) is 0 Å². The van der Waals surface area contributed by atoms with Crippen molar-refractivity contribution >= 4 is 17.7 Å². The molecule has 28 heavy (non-hydrogen) atoms. The number of rotatable bonds is 9. The summed E-state index contributed by atoms with van der Waals surface area (Å²) in [6.45, 7) is 2.50. The Morgan fingerprint density at radius 3 is 2.54 bits per heavy atom. The van der Waals surface area contributed by atoms with Crippen LogP contribution < -0.4 is 4.74 Å². The van der Waals surface area contributed by atoms with Crippen LogP contribution in [-0.2, 0) is 9.53 Å². The van der Waals surface area contributed by atoms with Gasteiger partial charge < -0.3 is 9.47 Å². The van der Waals surface area contributed by atoms with Gasteiger partial charge in [-0.25, -0.2) is 0 Å². The number of esters is 1. The second kappa shape index (κ2) is 9.89. The van der Waals surface area contributed by atoms with Crippen molar-refractivity contribution in [3.63, 3.8) is 0 Å². The van der Waals surface area contributed by atoms with Crippen LogP contribution in [-0.4, -0.2) is 45.2 Å². The molecule has 146 valence electrons. The number of nitrogens with zero attached hydrogens (tertiary/aromatic N) is 4. The van der Waals surface area contributed by atoms with Gasteiger partial charge in [-0.2, -0.15) is 0 Å². The molecule has 0 aliphatic heterocycles. The third kappa shape index (κ3) is 4.89. The maximum Gasteiger partial charge on any atom is 0.316 e. The minimum atomic E-state index is -0.256. The van der Waals surface area contributed by atoms with Gasteiger partial charge in [0.05, 0.1) is 19.5 Å². The monoisotopic (exact) mass is 398 g/mol. The zero-order valence-electron chi connectivity index (χ0n) is 15.9. The molecule has 0 aliphatic carbocycles. The van der Waals surface area contributed by atoms with E-state index in [1.807, 2.05) is 41.0 Å². The van der Waals surface area contributed by atoms with Crippen LogP contribution in [0.3, 0.4) is 0 Å². The van der Waals surface area contributed by atoms with Crippen LogP contribution in [0.2, 0.25) is 0 Å². The maximum atomic E-state index is 12.0. The zero-order valence-corrected chi connectivity index (χ0v) is 16.7. The minimum absolute atomic E-state index is 0.175. The van der Waals surface area contributed by atoms with Crippen LogP contribution in [0.25, 0.3) is 17.1 Å². The van der Waals surface area contributed by atoms with E-state index in [9.17, 15) is 4.79 Å². The van der Waals surface area contributed by atoms with Gasteiger partial charge in [0.1, 0.15) is 5.75 Å². The summed E-state index contributed by atoms with van der Waals surface area (Å²) in [5.41, 5.74) is 1.76. The van der Waals surface area contributed by atoms with Crippen molar-refractivity contribution < 1.29 is 14.3 Å². The van der Waals surface area contributed by atoms with E-state index in [4.69, 9.17) is 9.47 Å². The number of ether oxygens (including phenoxy) is 2. The predicted octanol–water partition coefficient (Wildman–Crippen LogP) is 3.77. The highest BCUT2D eigenvalue weighted by molar-refractivity contribution is 7.99. The Bertz CT molecular complexity index is 898. The number of aromatic nitrogens is 4. The molecule has 0 atom stereocenters. The number of hydrogen-bond donors (Lipinski definition) is 0. The first-order valence-electron chi connectivity index (χ1n) is 9.01. The number of thioether (sulfide) groups is 1. The van der Waals surface area contributed by atoms with Crippen molar-refractivity contribution in [2.75, 3.05) is 19.5 Å². The summed E-state index contributed by atoms with van der Waals surface area (Å²) in [5.74, 6) is 1.35. The van der Waals surface area contributed by atoms with E-state index in [-0.39, 0.29) is 11.7 Å². The first-order valence-corrected chi connectivity index (χ1v) is 10.00. The molecule has 0 N–H and O–H groups in total. The molecule has 3 aromatic rings. The highest BCUT2D eigenvalue weighted by Gasteiger charge is 2.17. The van der Waals surface area contributed by atoms with Gasteiger partial charge in [0.25, 0.3) is 0 Å². The second-order valence-corrected chi connectivity index (χ2v) is 6.88. The number of carbonyl (C=O) groups is 1. The molecule has 3 rings (SSSR count). The quantitative estimate of drug-likeness (QED) is 0.308. The van der Waals surface area contributed by atoms with E-state index in [1.54, 1.807) is 19.5 Å². The molecular formula is C20H22N4O3S. The molecule has 0 unspecified atom stereocenters. The number of benzene rings is 1. The first-order chi connectivity index (χ1) is 13.7. The molecule has 2 heterocycles. The van der Waals surface area contributed by atoms with Gasteiger partial charge in [-0.1, -0.05) is 25.1 Å². The van der Waals surface area contributed by atoms with E-state index in [2.05, 4.69) is 22.1 Å². The highest BCUT2D eigenvalue weighted by Crippen LogP contribution is 2.28. The normalized spacial score (nSPS) is 10.6. The van der Waals surface area contributed by atoms with Gasteiger partial charge >= 0.3 is 5.97 Å². The van der Waals surface area contributed by atoms with Crippen LogP contribution in [0.4, 0.5) is 0 Å². The van der Waals surface area contributed by atoms with Crippen LogP contribution >= 0.6 is 11.8 Å². The lowest BCUT2D eigenvalue weighted by molar-refractivity contribution is -0.140. The van der Waals surface area contributed by atoms with Gasteiger partial charge in [0, 0.05) is 23.6 Å². The second-order valence-electron chi connectivity index (χ2n) is 5.94. The SMILES string of the molecule is CCCCOC(=O)CSc1nnc(-c2ccncc2)n1-c1ccc(OC)cc1. The third-order valence-corrected chi connectivity index (χ3v) is 4.89. The fourth-order valence-electron chi connectivity index (χ4n) is 2.51. The number of hydrogen-bond acceptors (Lipinski definition) is 7. The number of unbranched alkanes of at least 4 members (excludes halogenated alkanes) is 1. The predicted molar refractivity (Wildman–Crippen MR) is 108 cm³/mol. The molecule has 0 bridgehead atoms. The van der Waals surface area contributed by atoms with E-state index < -0.39 is 0 Å². The van der Waals surface area contributed by atoms with Crippen molar-refractivity contribution in [1.82, 2.24) is 19.7 Å². The van der Waals surface area contributed by atoms with E-state index in [0.717, 1.165) is 29.8 Å². The van der Waals surface area contributed by atoms with Crippen molar-refractivity contribution in [3.8, 4) is 22.8 Å². The fourth-order valence-corrected chi connectivity index (χ4v) is 3.26. The molecule has 1 aromatic carbocycles. The molecular weight excluding hydrogens is 376 g/mol. The average Bonchev–Trinajstić information content (AvgIpc) is 3.17. The standard InChI is InChI=1S/C20H22N4O3S/c1-3-4-13-27-18(25)14-28-20-23-22-19(15-9-11-21-12-10-15)24(20)16-5-7-17(26-2)8-6-16/h5-12H,3-4,13-14H2,1-2H3. The molecule has 0 saturated carbocycles. The Morgan fingerprint density at radius 2 is 1.86 bits per heavy atom. The van der Waals surface area contributed by atoms with Gasteiger partial charge in [0.2, 0.25) is 0 Å². The molecule has 0 amide bonds. The lowest BCUT2D eigenvalue weighted by atomic mass is 10.2. The van der Waals surface area contributed by atoms with Crippen LogP contribution in [0.15, 0.2) is 53.9 Å². The summed E-state index contributed by atoms with van der Waals surface area (Å²) in [6, 6.07) is 11.3. The van der Waals surface area contributed by atoms with E-state index >= 15 is 0 Å². The lowest BCUT2D eigenvalue weighted by Gasteiger charge is -2.11. The van der Waals surface area contributed by atoms with Gasteiger partial charge in [-0.3, -0.25) is 14.3 Å². The summed E-state index contributed by atoms with van der Waals surface area (Å²) >= 11 is 1.30. The Labute approximate surface area is 168 Å². The molecule has 0 fully saturated rings. The molecule has 7 nitrogen and oxygen atoms in total. The molecule has 0 saturated heterocycles. The number of pyridine rings is 1. The summed E-state index contributed by atoms with van der Waals surface area (Å²) in [7, 11) is 1.63. The van der Waals surface area contributed by atoms with Gasteiger partial charge in [-0.15, -0.1) is 10.2 Å². The summed E-state index contributed by atoms with van der Waals surface area (Å²) in [4.78, 5) is 16.0. The van der Waals surface area contributed by atoms with Crippen molar-refractivity contribution in [2.45, 2.75) is 24.9 Å². The zero-order chi connectivity index (χ0) is 19.8. The summed E-state index contributed by atoms with van der Waals surface area (Å²) in [5, 5.41) is 9.25. The van der Waals surface area contributed by atoms with Crippen LogP contribution in [0.5, 0.6) is 5.75 Å². The Balaban J connectivity index is 1.87. The topological polar surface area (TPSA) is 79.1 Å². The van der Waals surface area contributed by atoms with Gasteiger partial charge in [-0.05, 0) is 42.8 Å². The molecule has 0 radical (unpaired) electrons. The van der Waals surface area contributed by atoms with Crippen LogP contribution in [0, 0.1) is 0 Å². The molecule has 0 spiro atoms. The Morgan fingerprint density at radius 1 is 1.11 bits per heavy atom. The molecule has 2 aromatic heterocycles. The summed E-state index contributed by atoms with van der Waals surface area (Å²) in [6.07, 6.45) is 5.27. The maximum absolute atomic E-state index is 12.0. The Kier molecular flexibility index (Phi) is 7.02. The third-order valence-electron chi connectivity index (χ3n) is 3.98. The largest absolute Gasteiger partial charge is 0.497 e.